The Morgan fingerprint density at radius 2 is 1.64 bits per heavy atom. The highest BCUT2D eigenvalue weighted by atomic mass is 16.2. The van der Waals surface area contributed by atoms with Crippen molar-refractivity contribution in [1.82, 2.24) is 15.5 Å². The highest BCUT2D eigenvalue weighted by molar-refractivity contribution is 5.81. The molecule has 0 saturated carbocycles. The quantitative estimate of drug-likeness (QED) is 0.762. The van der Waals surface area contributed by atoms with Gasteiger partial charge in [-0.05, 0) is 32.4 Å². The molecule has 0 aliphatic carbocycles. The van der Waals surface area contributed by atoms with Gasteiger partial charge in [-0.25, -0.2) is 0 Å². The van der Waals surface area contributed by atoms with Gasteiger partial charge in [0.05, 0.1) is 13.1 Å². The molecule has 0 aliphatic rings. The van der Waals surface area contributed by atoms with Gasteiger partial charge in [-0.15, -0.1) is 0 Å². The largest absolute Gasteiger partial charge is 0.354 e. The van der Waals surface area contributed by atoms with Crippen LogP contribution in [0, 0.1) is 0 Å². The van der Waals surface area contributed by atoms with Gasteiger partial charge in [-0.2, -0.15) is 0 Å². The van der Waals surface area contributed by atoms with E-state index in [0.29, 0.717) is 6.54 Å². The van der Waals surface area contributed by atoms with Crippen molar-refractivity contribution in [2.24, 2.45) is 0 Å². The zero-order valence-corrected chi connectivity index (χ0v) is 13.9. The van der Waals surface area contributed by atoms with Gasteiger partial charge in [0, 0.05) is 12.6 Å². The molecule has 0 heterocycles. The maximum atomic E-state index is 11.9. The Kier molecular flexibility index (Phi) is 7.60. The van der Waals surface area contributed by atoms with Gasteiger partial charge in [0.2, 0.25) is 11.8 Å². The highest BCUT2D eigenvalue weighted by Gasteiger charge is 2.12. The van der Waals surface area contributed by atoms with Crippen molar-refractivity contribution in [1.29, 1.82) is 0 Å². The van der Waals surface area contributed by atoms with Crippen LogP contribution in [0.15, 0.2) is 30.3 Å². The molecular formula is C17H27N3O2. The van der Waals surface area contributed by atoms with Crippen molar-refractivity contribution in [3.63, 3.8) is 0 Å². The van der Waals surface area contributed by atoms with Gasteiger partial charge in [0.25, 0.3) is 0 Å². The van der Waals surface area contributed by atoms with Crippen LogP contribution in [0.3, 0.4) is 0 Å². The summed E-state index contributed by atoms with van der Waals surface area (Å²) >= 11 is 0. The van der Waals surface area contributed by atoms with E-state index >= 15 is 0 Å². The minimum Gasteiger partial charge on any atom is -0.354 e. The smallest absolute Gasteiger partial charge is 0.234 e. The van der Waals surface area contributed by atoms with E-state index in [-0.39, 0.29) is 36.9 Å². The van der Waals surface area contributed by atoms with E-state index in [0.717, 1.165) is 0 Å². The van der Waals surface area contributed by atoms with Crippen LogP contribution in [-0.2, 0) is 9.59 Å². The molecule has 0 unspecified atom stereocenters. The third-order valence-corrected chi connectivity index (χ3v) is 3.25. The number of hydrogen-bond donors (Lipinski definition) is 2. The molecule has 2 amide bonds. The topological polar surface area (TPSA) is 61.4 Å². The summed E-state index contributed by atoms with van der Waals surface area (Å²) in [5.41, 5.74) is 1.20. The molecule has 0 spiro atoms. The van der Waals surface area contributed by atoms with Crippen molar-refractivity contribution in [2.75, 3.05) is 26.7 Å². The molecule has 0 bridgehead atoms. The number of nitrogens with one attached hydrogen (secondary N) is 2. The van der Waals surface area contributed by atoms with Gasteiger partial charge in [0.1, 0.15) is 0 Å². The average molecular weight is 305 g/mol. The van der Waals surface area contributed by atoms with Gasteiger partial charge in [-0.3, -0.25) is 14.5 Å². The Morgan fingerprint density at radius 1 is 1.05 bits per heavy atom. The Hall–Kier alpha value is -1.88. The van der Waals surface area contributed by atoms with E-state index in [1.165, 1.54) is 5.56 Å². The molecule has 0 aromatic heterocycles. The lowest BCUT2D eigenvalue weighted by molar-refractivity contribution is -0.124. The van der Waals surface area contributed by atoms with Gasteiger partial charge in [-0.1, -0.05) is 37.3 Å². The molecule has 5 nitrogen and oxygen atoms in total. The Morgan fingerprint density at radius 3 is 2.23 bits per heavy atom. The third kappa shape index (κ3) is 7.22. The summed E-state index contributed by atoms with van der Waals surface area (Å²) in [6, 6.07) is 10.2. The molecule has 122 valence electrons. The third-order valence-electron chi connectivity index (χ3n) is 3.25. The molecule has 1 atom stereocenters. The fraction of sp³-hybridized carbons (Fsp3) is 0.529. The van der Waals surface area contributed by atoms with Crippen LogP contribution in [0.4, 0.5) is 0 Å². The minimum atomic E-state index is -0.0670. The molecular weight excluding hydrogens is 278 g/mol. The first kappa shape index (κ1) is 18.2. The van der Waals surface area contributed by atoms with Crippen molar-refractivity contribution in [2.45, 2.75) is 32.7 Å². The zero-order chi connectivity index (χ0) is 16.5. The number of likely N-dealkylation sites (N-methyl/N-ethyl adjacent to an activating group) is 1. The fourth-order valence-electron chi connectivity index (χ4n) is 2.14. The highest BCUT2D eigenvalue weighted by Crippen LogP contribution is 2.12. The van der Waals surface area contributed by atoms with Crippen LogP contribution in [0.25, 0.3) is 0 Å². The summed E-state index contributed by atoms with van der Waals surface area (Å²) in [6.07, 6.45) is 0. The molecule has 1 rings (SSSR count). The van der Waals surface area contributed by atoms with Crippen LogP contribution >= 0.6 is 0 Å². The van der Waals surface area contributed by atoms with Gasteiger partial charge >= 0.3 is 0 Å². The molecule has 0 radical (unpaired) electrons. The molecule has 0 saturated heterocycles. The maximum absolute atomic E-state index is 11.9. The monoisotopic (exact) mass is 305 g/mol. The first-order chi connectivity index (χ1) is 10.4. The number of nitrogens with zero attached hydrogens (tertiary/aromatic N) is 1. The first-order valence-corrected chi connectivity index (χ1v) is 7.68. The van der Waals surface area contributed by atoms with Crippen molar-refractivity contribution in [3.8, 4) is 0 Å². The predicted molar refractivity (Wildman–Crippen MR) is 88.6 cm³/mol. The predicted octanol–water partition coefficient (Wildman–Crippen LogP) is 1.36. The second-order valence-corrected chi connectivity index (χ2v) is 6.01. The SMILES string of the molecule is CC(C)NC(=O)CN(C)CC(=O)NC[C@@H](C)c1ccccc1. The summed E-state index contributed by atoms with van der Waals surface area (Å²) in [5, 5.41) is 5.72. The van der Waals surface area contributed by atoms with Crippen molar-refractivity contribution >= 4 is 11.8 Å². The molecule has 2 N–H and O–H groups in total. The summed E-state index contributed by atoms with van der Waals surface area (Å²) in [5.74, 6) is 0.130. The maximum Gasteiger partial charge on any atom is 0.234 e. The van der Waals surface area contributed by atoms with Crippen LogP contribution < -0.4 is 10.6 Å². The van der Waals surface area contributed by atoms with E-state index in [1.54, 1.807) is 11.9 Å². The summed E-state index contributed by atoms with van der Waals surface area (Å²) < 4.78 is 0. The minimum absolute atomic E-state index is 0.0667. The van der Waals surface area contributed by atoms with E-state index < -0.39 is 0 Å². The van der Waals surface area contributed by atoms with Gasteiger partial charge < -0.3 is 10.6 Å². The zero-order valence-electron chi connectivity index (χ0n) is 13.9. The lowest BCUT2D eigenvalue weighted by Gasteiger charge is -2.18. The number of carbonyl (C=O) groups excluding carboxylic acids is 2. The van der Waals surface area contributed by atoms with Crippen molar-refractivity contribution < 1.29 is 9.59 Å². The van der Waals surface area contributed by atoms with Crippen LogP contribution in [0.5, 0.6) is 0 Å². The van der Waals surface area contributed by atoms with Crippen molar-refractivity contribution in [3.05, 3.63) is 35.9 Å². The molecule has 5 heteroatoms. The molecule has 1 aromatic carbocycles. The molecule has 0 aliphatic heterocycles. The second-order valence-electron chi connectivity index (χ2n) is 6.01. The van der Waals surface area contributed by atoms with E-state index in [1.807, 2.05) is 32.0 Å². The number of benzene rings is 1. The summed E-state index contributed by atoms with van der Waals surface area (Å²) in [4.78, 5) is 25.2. The Balaban J connectivity index is 2.29. The molecule has 1 aromatic rings. The number of amides is 2. The van der Waals surface area contributed by atoms with Gasteiger partial charge in [0.15, 0.2) is 0 Å². The summed E-state index contributed by atoms with van der Waals surface area (Å²) in [6.45, 7) is 6.93. The number of carbonyl (C=O) groups is 2. The van der Waals surface area contributed by atoms with Crippen LogP contribution in [0.2, 0.25) is 0 Å². The number of rotatable bonds is 8. The fourth-order valence-corrected chi connectivity index (χ4v) is 2.14. The van der Waals surface area contributed by atoms with E-state index in [4.69, 9.17) is 0 Å². The lowest BCUT2D eigenvalue weighted by Crippen LogP contribution is -2.43. The van der Waals surface area contributed by atoms with Crippen LogP contribution in [-0.4, -0.2) is 49.4 Å². The lowest BCUT2D eigenvalue weighted by atomic mass is 10.0. The average Bonchev–Trinajstić information content (AvgIpc) is 2.44. The normalized spacial score (nSPS) is 12.3. The van der Waals surface area contributed by atoms with Crippen LogP contribution in [0.1, 0.15) is 32.3 Å². The summed E-state index contributed by atoms with van der Waals surface area (Å²) in [7, 11) is 1.76. The standard InChI is InChI=1S/C17H27N3O2/c1-13(2)19-17(22)12-20(4)11-16(21)18-10-14(3)15-8-6-5-7-9-15/h5-9,13-14H,10-12H2,1-4H3,(H,18,21)(H,19,22)/t14-/m1/s1. The Labute approximate surface area is 133 Å². The van der Waals surface area contributed by atoms with E-state index in [9.17, 15) is 9.59 Å². The van der Waals surface area contributed by atoms with E-state index in [2.05, 4.69) is 29.7 Å². The number of hydrogen-bond acceptors (Lipinski definition) is 3. The Bertz CT molecular complexity index is 474. The molecule has 22 heavy (non-hydrogen) atoms. The second kappa shape index (κ2) is 9.20. The molecule has 0 fully saturated rings. The first-order valence-electron chi connectivity index (χ1n) is 7.68.